The molecule has 35 heavy (non-hydrogen) atoms. The normalized spacial score (nSPS) is 14.7. The lowest BCUT2D eigenvalue weighted by molar-refractivity contribution is 0.115. The number of benzene rings is 2. The van der Waals surface area contributed by atoms with Crippen LogP contribution in [0.25, 0.3) is 10.9 Å². The molecule has 2 aromatic carbocycles. The van der Waals surface area contributed by atoms with E-state index in [2.05, 4.69) is 32.2 Å². The molecule has 2 aromatic heterocycles. The summed E-state index contributed by atoms with van der Waals surface area (Å²) in [6.07, 6.45) is 5.37. The number of pyridine rings is 1. The van der Waals surface area contributed by atoms with Crippen molar-refractivity contribution in [1.29, 1.82) is 0 Å². The summed E-state index contributed by atoms with van der Waals surface area (Å²) < 4.78 is 12.0. The highest BCUT2D eigenvalue weighted by Gasteiger charge is 2.20. The average molecular weight is 491 g/mol. The van der Waals surface area contributed by atoms with Gasteiger partial charge in [0.15, 0.2) is 0 Å². The van der Waals surface area contributed by atoms with Crippen LogP contribution in [-0.4, -0.2) is 46.1 Å². The van der Waals surface area contributed by atoms with Crippen molar-refractivity contribution in [3.05, 3.63) is 71.8 Å². The predicted octanol–water partition coefficient (Wildman–Crippen LogP) is 5.06. The number of halogens is 1. The van der Waals surface area contributed by atoms with Crippen molar-refractivity contribution in [2.75, 3.05) is 31.2 Å². The molecule has 1 saturated heterocycles. The van der Waals surface area contributed by atoms with Crippen LogP contribution in [0.5, 0.6) is 11.5 Å². The zero-order valence-corrected chi connectivity index (χ0v) is 20.2. The zero-order valence-electron chi connectivity index (χ0n) is 19.4. The van der Waals surface area contributed by atoms with E-state index in [-0.39, 0.29) is 6.10 Å². The third-order valence-corrected chi connectivity index (χ3v) is 6.32. The van der Waals surface area contributed by atoms with E-state index < -0.39 is 0 Å². The van der Waals surface area contributed by atoms with Gasteiger partial charge in [0.05, 0.1) is 21.9 Å². The Morgan fingerprint density at radius 3 is 2.69 bits per heavy atom. The molecule has 0 bridgehead atoms. The zero-order chi connectivity index (χ0) is 24.2. The van der Waals surface area contributed by atoms with Gasteiger partial charge >= 0.3 is 0 Å². The van der Waals surface area contributed by atoms with E-state index in [1.54, 1.807) is 12.3 Å². The number of nitrogens with one attached hydrogen (secondary N) is 1. The number of aromatic nitrogens is 3. The maximum atomic E-state index is 6.47. The molecule has 1 aliphatic rings. The Morgan fingerprint density at radius 1 is 1.06 bits per heavy atom. The second-order valence-electron chi connectivity index (χ2n) is 8.63. The minimum atomic E-state index is 0.158. The van der Waals surface area contributed by atoms with Crippen LogP contribution in [0.15, 0.2) is 61.1 Å². The van der Waals surface area contributed by atoms with Crippen LogP contribution in [0.2, 0.25) is 5.02 Å². The van der Waals surface area contributed by atoms with Gasteiger partial charge in [0.1, 0.15) is 36.4 Å². The molecule has 180 valence electrons. The summed E-state index contributed by atoms with van der Waals surface area (Å²) in [5.74, 6) is 1.87. The van der Waals surface area contributed by atoms with Crippen molar-refractivity contribution in [2.24, 2.45) is 0 Å². The average Bonchev–Trinajstić information content (AvgIpc) is 2.86. The van der Waals surface area contributed by atoms with Gasteiger partial charge in [-0.2, -0.15) is 0 Å². The molecule has 1 fully saturated rings. The largest absolute Gasteiger partial charge is 0.488 e. The van der Waals surface area contributed by atoms with E-state index in [9.17, 15) is 0 Å². The first kappa shape index (κ1) is 23.1. The molecule has 3 heterocycles. The van der Waals surface area contributed by atoms with Gasteiger partial charge in [0, 0.05) is 36.4 Å². The first-order valence-electron chi connectivity index (χ1n) is 11.5. The van der Waals surface area contributed by atoms with Crippen molar-refractivity contribution in [1.82, 2.24) is 19.9 Å². The van der Waals surface area contributed by atoms with Gasteiger partial charge in [0.2, 0.25) is 0 Å². The van der Waals surface area contributed by atoms with Crippen LogP contribution in [0.1, 0.15) is 18.5 Å². The molecule has 0 amide bonds. The molecule has 0 atom stereocenters. The van der Waals surface area contributed by atoms with Gasteiger partial charge in [0.25, 0.3) is 0 Å². The highest BCUT2D eigenvalue weighted by atomic mass is 35.5. The lowest BCUT2D eigenvalue weighted by Crippen LogP contribution is -2.35. The van der Waals surface area contributed by atoms with Gasteiger partial charge in [-0.3, -0.25) is 4.98 Å². The number of fused-ring (bicyclic) bond motifs is 1. The number of likely N-dealkylation sites (tertiary alicyclic amines) is 1. The van der Waals surface area contributed by atoms with E-state index in [4.69, 9.17) is 26.8 Å². The third kappa shape index (κ3) is 5.55. The van der Waals surface area contributed by atoms with Gasteiger partial charge in [-0.05, 0) is 56.3 Å². The Morgan fingerprint density at radius 2 is 1.91 bits per heavy atom. The number of nitrogens with two attached hydrogens (primary N) is 1. The number of ether oxygens (including phenoxy) is 2. The topological polar surface area (TPSA) is 98.4 Å². The van der Waals surface area contributed by atoms with E-state index in [0.717, 1.165) is 48.2 Å². The molecule has 1 aliphatic heterocycles. The number of nitrogen functional groups attached to an aromatic ring is 1. The fourth-order valence-corrected chi connectivity index (χ4v) is 4.29. The summed E-state index contributed by atoms with van der Waals surface area (Å²) in [5.41, 5.74) is 9.27. The number of nitrogens with zero attached hydrogens (tertiary/aromatic N) is 4. The van der Waals surface area contributed by atoms with Crippen LogP contribution in [0.3, 0.4) is 0 Å². The minimum absolute atomic E-state index is 0.158. The summed E-state index contributed by atoms with van der Waals surface area (Å²) in [7, 11) is 2.13. The molecule has 5 rings (SSSR count). The quantitative estimate of drug-likeness (QED) is 0.347. The Balaban J connectivity index is 1.31. The van der Waals surface area contributed by atoms with Crippen LogP contribution < -0.4 is 20.5 Å². The van der Waals surface area contributed by atoms with Crippen LogP contribution in [-0.2, 0) is 6.61 Å². The fraction of sp³-hybridized carbons (Fsp3) is 0.269. The third-order valence-electron chi connectivity index (χ3n) is 6.02. The molecular weight excluding hydrogens is 464 g/mol. The number of piperidine rings is 1. The van der Waals surface area contributed by atoms with E-state index >= 15 is 0 Å². The highest BCUT2D eigenvalue weighted by molar-refractivity contribution is 6.32. The van der Waals surface area contributed by atoms with E-state index in [0.29, 0.717) is 34.6 Å². The standard InChI is InChI=1S/C26H27ClN6O2/c1-33-10-7-19(8-11-33)35-25-14-23-20(13-22(25)28)26(31-16-30-23)32-17-5-6-24(21(27)12-17)34-15-18-4-2-3-9-29-18/h2-6,9,12-14,16,19H,7-8,10-11,15,28H2,1H3,(H,30,31,32). The van der Waals surface area contributed by atoms with Crippen molar-refractivity contribution in [3.8, 4) is 11.5 Å². The number of rotatable bonds is 7. The molecule has 0 spiro atoms. The molecule has 3 N–H and O–H groups in total. The van der Waals surface area contributed by atoms with Crippen LogP contribution in [0.4, 0.5) is 17.2 Å². The van der Waals surface area contributed by atoms with Crippen molar-refractivity contribution >= 4 is 39.7 Å². The first-order valence-corrected chi connectivity index (χ1v) is 11.9. The second kappa shape index (κ2) is 10.3. The molecule has 0 saturated carbocycles. The monoisotopic (exact) mass is 490 g/mol. The van der Waals surface area contributed by atoms with Gasteiger partial charge in [-0.15, -0.1) is 0 Å². The minimum Gasteiger partial charge on any atom is -0.488 e. The molecule has 0 unspecified atom stereocenters. The fourth-order valence-electron chi connectivity index (χ4n) is 4.05. The van der Waals surface area contributed by atoms with Crippen LogP contribution >= 0.6 is 11.6 Å². The van der Waals surface area contributed by atoms with Crippen LogP contribution in [0, 0.1) is 0 Å². The molecular formula is C26H27ClN6O2. The summed E-state index contributed by atoms with van der Waals surface area (Å²) >= 11 is 6.47. The molecule has 9 heteroatoms. The maximum Gasteiger partial charge on any atom is 0.144 e. The van der Waals surface area contributed by atoms with Crippen molar-refractivity contribution < 1.29 is 9.47 Å². The molecule has 0 radical (unpaired) electrons. The second-order valence-corrected chi connectivity index (χ2v) is 9.04. The molecule has 0 aliphatic carbocycles. The number of hydrogen-bond donors (Lipinski definition) is 2. The predicted molar refractivity (Wildman–Crippen MR) is 138 cm³/mol. The molecule has 8 nitrogen and oxygen atoms in total. The van der Waals surface area contributed by atoms with Gasteiger partial charge in [-0.25, -0.2) is 9.97 Å². The summed E-state index contributed by atoms with van der Waals surface area (Å²) in [5, 5.41) is 4.60. The van der Waals surface area contributed by atoms with E-state index in [1.807, 2.05) is 42.5 Å². The maximum absolute atomic E-state index is 6.47. The number of hydrogen-bond acceptors (Lipinski definition) is 8. The summed E-state index contributed by atoms with van der Waals surface area (Å²) in [6, 6.07) is 14.9. The summed E-state index contributed by atoms with van der Waals surface area (Å²) in [6.45, 7) is 2.37. The van der Waals surface area contributed by atoms with Crippen molar-refractivity contribution in [3.63, 3.8) is 0 Å². The number of anilines is 3. The highest BCUT2D eigenvalue weighted by Crippen LogP contribution is 2.34. The van der Waals surface area contributed by atoms with E-state index in [1.165, 1.54) is 6.33 Å². The van der Waals surface area contributed by atoms with Crippen molar-refractivity contribution in [2.45, 2.75) is 25.6 Å². The Bertz CT molecular complexity index is 1310. The van der Waals surface area contributed by atoms with Gasteiger partial charge in [-0.1, -0.05) is 17.7 Å². The Labute approximate surface area is 209 Å². The lowest BCUT2D eigenvalue weighted by atomic mass is 10.1. The lowest BCUT2D eigenvalue weighted by Gasteiger charge is -2.29. The first-order chi connectivity index (χ1) is 17.0. The van der Waals surface area contributed by atoms with Gasteiger partial charge < -0.3 is 25.4 Å². The smallest absolute Gasteiger partial charge is 0.144 e. The summed E-state index contributed by atoms with van der Waals surface area (Å²) in [4.78, 5) is 15.4. The SMILES string of the molecule is CN1CCC(Oc2cc3ncnc(Nc4ccc(OCc5ccccn5)c(Cl)c4)c3cc2N)CC1. The Hall–Kier alpha value is -3.62. The molecule has 4 aromatic rings. The Kier molecular flexibility index (Phi) is 6.83.